The molecular weight excluding hydrogens is 444 g/mol. The Labute approximate surface area is 195 Å². The molecule has 1 fully saturated rings. The van der Waals surface area contributed by atoms with Gasteiger partial charge >= 0.3 is 0 Å². The lowest BCUT2D eigenvalue weighted by Crippen LogP contribution is -2.19. The van der Waals surface area contributed by atoms with Gasteiger partial charge in [0.05, 0.1) is 18.4 Å². The minimum Gasteiger partial charge on any atom is -0.492 e. The molecular formula is C23H26N4O3S2. The summed E-state index contributed by atoms with van der Waals surface area (Å²) in [7, 11) is 0. The minimum atomic E-state index is -0.482. The molecule has 2 heterocycles. The van der Waals surface area contributed by atoms with Crippen molar-refractivity contribution in [1.29, 1.82) is 0 Å². The maximum Gasteiger partial charge on any atom is 0.242 e. The number of ether oxygens (including phenoxy) is 2. The zero-order chi connectivity index (χ0) is 22.2. The number of aromatic nitrogens is 2. The lowest BCUT2D eigenvalue weighted by molar-refractivity contribution is -0.115. The van der Waals surface area contributed by atoms with Crippen molar-refractivity contribution >= 4 is 39.8 Å². The largest absolute Gasteiger partial charge is 0.492 e. The van der Waals surface area contributed by atoms with Gasteiger partial charge < -0.3 is 20.1 Å². The molecule has 0 bridgehead atoms. The Morgan fingerprint density at radius 2 is 2.03 bits per heavy atom. The van der Waals surface area contributed by atoms with E-state index in [1.807, 2.05) is 61.5 Å². The van der Waals surface area contributed by atoms with Crippen LogP contribution in [0.1, 0.15) is 30.6 Å². The molecule has 32 heavy (non-hydrogen) atoms. The van der Waals surface area contributed by atoms with Crippen LogP contribution >= 0.6 is 23.1 Å². The van der Waals surface area contributed by atoms with Crippen molar-refractivity contribution in [3.8, 4) is 5.75 Å². The van der Waals surface area contributed by atoms with Gasteiger partial charge in [0.2, 0.25) is 11.0 Å². The highest BCUT2D eigenvalue weighted by atomic mass is 32.2. The van der Waals surface area contributed by atoms with Crippen LogP contribution in [0, 0.1) is 0 Å². The van der Waals surface area contributed by atoms with Gasteiger partial charge in [0.25, 0.3) is 0 Å². The zero-order valence-corrected chi connectivity index (χ0v) is 19.5. The van der Waals surface area contributed by atoms with Crippen molar-refractivity contribution < 1.29 is 14.3 Å². The van der Waals surface area contributed by atoms with E-state index in [1.54, 1.807) is 0 Å². The molecule has 0 saturated carbocycles. The Hall–Kier alpha value is -2.62. The molecule has 0 radical (unpaired) electrons. The number of carbonyl (C=O) groups excluding carboxylic acids is 1. The highest BCUT2D eigenvalue weighted by molar-refractivity contribution is 8.02. The summed E-state index contributed by atoms with van der Waals surface area (Å²) in [5.41, 5.74) is 1.55. The van der Waals surface area contributed by atoms with Crippen LogP contribution in [0.5, 0.6) is 5.75 Å². The number of rotatable bonds is 10. The number of thioether (sulfide) groups is 1. The average molecular weight is 471 g/mol. The molecule has 1 aliphatic rings. The summed E-state index contributed by atoms with van der Waals surface area (Å²) in [6, 6.07) is 17.1. The molecule has 0 aliphatic carbocycles. The van der Waals surface area contributed by atoms with Gasteiger partial charge in [-0.3, -0.25) is 4.79 Å². The number of nitrogens with zero attached hydrogens (tertiary/aromatic N) is 2. The number of hydrogen-bond donors (Lipinski definition) is 2. The normalized spacial score (nSPS) is 16.5. The number of hydrogen-bond acceptors (Lipinski definition) is 8. The SMILES string of the molecule is CCOc1ccccc1NC(=O)C(Sc1nnc(NCC2CCCO2)s1)c1ccccc1. The molecule has 168 valence electrons. The first kappa shape index (κ1) is 22.6. The average Bonchev–Trinajstić information content (AvgIpc) is 3.50. The van der Waals surface area contributed by atoms with Gasteiger partial charge in [0.1, 0.15) is 11.0 Å². The highest BCUT2D eigenvalue weighted by Crippen LogP contribution is 2.39. The third-order valence-electron chi connectivity index (χ3n) is 4.92. The Bertz CT molecular complexity index is 1010. The van der Waals surface area contributed by atoms with E-state index in [2.05, 4.69) is 20.8 Å². The van der Waals surface area contributed by atoms with Crippen LogP contribution in [0.2, 0.25) is 0 Å². The van der Waals surface area contributed by atoms with E-state index in [0.717, 1.165) is 41.0 Å². The van der Waals surface area contributed by atoms with Crippen molar-refractivity contribution in [3.05, 3.63) is 60.2 Å². The summed E-state index contributed by atoms with van der Waals surface area (Å²) in [4.78, 5) is 13.3. The van der Waals surface area contributed by atoms with Crippen LogP contribution in [0.4, 0.5) is 10.8 Å². The standard InChI is InChI=1S/C23H26N4O3S2/c1-2-29-19-13-7-6-12-18(19)25-21(28)20(16-9-4-3-5-10-16)31-23-27-26-22(32-23)24-15-17-11-8-14-30-17/h3-7,9-10,12-13,17,20H,2,8,11,14-15H2,1H3,(H,24,26)(H,25,28). The fourth-order valence-electron chi connectivity index (χ4n) is 3.39. The maximum absolute atomic E-state index is 13.3. The summed E-state index contributed by atoms with van der Waals surface area (Å²) in [5, 5.41) is 15.1. The number of para-hydroxylation sites is 2. The van der Waals surface area contributed by atoms with Gasteiger partial charge in [-0.25, -0.2) is 0 Å². The lowest BCUT2D eigenvalue weighted by atomic mass is 10.1. The van der Waals surface area contributed by atoms with Gasteiger partial charge in [-0.2, -0.15) is 0 Å². The Morgan fingerprint density at radius 3 is 2.81 bits per heavy atom. The van der Waals surface area contributed by atoms with Crippen LogP contribution < -0.4 is 15.4 Å². The number of anilines is 2. The van der Waals surface area contributed by atoms with Gasteiger partial charge in [0, 0.05) is 13.2 Å². The Kier molecular flexibility index (Phi) is 7.97. The van der Waals surface area contributed by atoms with E-state index in [0.29, 0.717) is 18.0 Å². The smallest absolute Gasteiger partial charge is 0.242 e. The van der Waals surface area contributed by atoms with E-state index >= 15 is 0 Å². The first-order chi connectivity index (χ1) is 15.7. The number of nitrogens with one attached hydrogen (secondary N) is 2. The number of benzene rings is 2. The first-order valence-electron chi connectivity index (χ1n) is 10.7. The van der Waals surface area contributed by atoms with E-state index in [4.69, 9.17) is 9.47 Å². The topological polar surface area (TPSA) is 85.4 Å². The molecule has 2 aromatic carbocycles. The van der Waals surface area contributed by atoms with Gasteiger partial charge in [-0.1, -0.05) is 65.6 Å². The van der Waals surface area contributed by atoms with E-state index in [9.17, 15) is 4.79 Å². The Balaban J connectivity index is 1.47. The summed E-state index contributed by atoms with van der Waals surface area (Å²) in [6.07, 6.45) is 2.39. The molecule has 1 aliphatic heterocycles. The third-order valence-corrected chi connectivity index (χ3v) is 7.13. The predicted molar refractivity (Wildman–Crippen MR) is 129 cm³/mol. The molecule has 3 aromatic rings. The fourth-order valence-corrected chi connectivity index (χ4v) is 5.34. The third kappa shape index (κ3) is 5.99. The van der Waals surface area contributed by atoms with Crippen LogP contribution in [0.15, 0.2) is 58.9 Å². The second-order valence-corrected chi connectivity index (χ2v) is 9.55. The molecule has 1 amide bonds. The molecule has 2 N–H and O–H groups in total. The van der Waals surface area contributed by atoms with E-state index < -0.39 is 5.25 Å². The zero-order valence-electron chi connectivity index (χ0n) is 17.8. The van der Waals surface area contributed by atoms with Crippen LogP contribution in [-0.4, -0.2) is 42.0 Å². The molecule has 2 atom stereocenters. The Morgan fingerprint density at radius 1 is 1.22 bits per heavy atom. The van der Waals surface area contributed by atoms with E-state index in [1.165, 1.54) is 23.1 Å². The van der Waals surface area contributed by atoms with Gasteiger partial charge in [0.15, 0.2) is 4.34 Å². The second kappa shape index (κ2) is 11.3. The number of amides is 1. The minimum absolute atomic E-state index is 0.141. The molecule has 1 aromatic heterocycles. The lowest BCUT2D eigenvalue weighted by Gasteiger charge is -2.17. The van der Waals surface area contributed by atoms with Gasteiger partial charge in [-0.15, -0.1) is 10.2 Å². The molecule has 1 saturated heterocycles. The van der Waals surface area contributed by atoms with Crippen molar-refractivity contribution in [2.24, 2.45) is 0 Å². The monoisotopic (exact) mass is 470 g/mol. The molecule has 0 spiro atoms. The maximum atomic E-state index is 13.3. The quantitative estimate of drug-likeness (QED) is 0.403. The summed E-state index contributed by atoms with van der Waals surface area (Å²) >= 11 is 2.83. The van der Waals surface area contributed by atoms with Crippen LogP contribution in [0.3, 0.4) is 0 Å². The van der Waals surface area contributed by atoms with Crippen LogP contribution in [-0.2, 0) is 9.53 Å². The fraction of sp³-hybridized carbons (Fsp3) is 0.348. The molecule has 7 nitrogen and oxygen atoms in total. The van der Waals surface area contributed by atoms with Crippen molar-refractivity contribution in [2.45, 2.75) is 35.5 Å². The predicted octanol–water partition coefficient (Wildman–Crippen LogP) is 5.00. The van der Waals surface area contributed by atoms with Crippen molar-refractivity contribution in [3.63, 3.8) is 0 Å². The second-order valence-electron chi connectivity index (χ2n) is 7.22. The van der Waals surface area contributed by atoms with Crippen molar-refractivity contribution in [1.82, 2.24) is 10.2 Å². The van der Waals surface area contributed by atoms with Gasteiger partial charge in [-0.05, 0) is 37.5 Å². The van der Waals surface area contributed by atoms with Crippen molar-refractivity contribution in [2.75, 3.05) is 30.4 Å². The molecule has 4 rings (SSSR count). The summed E-state index contributed by atoms with van der Waals surface area (Å²) in [5.74, 6) is 0.508. The summed E-state index contributed by atoms with van der Waals surface area (Å²) < 4.78 is 12.0. The van der Waals surface area contributed by atoms with Crippen LogP contribution in [0.25, 0.3) is 0 Å². The first-order valence-corrected chi connectivity index (χ1v) is 12.4. The molecule has 9 heteroatoms. The highest BCUT2D eigenvalue weighted by Gasteiger charge is 2.25. The summed E-state index contributed by atoms with van der Waals surface area (Å²) in [6.45, 7) is 3.98. The van der Waals surface area contributed by atoms with E-state index in [-0.39, 0.29) is 12.0 Å². The molecule has 2 unspecified atom stereocenters. The number of carbonyl (C=O) groups is 1.